The summed E-state index contributed by atoms with van der Waals surface area (Å²) < 4.78 is 42.1. The summed E-state index contributed by atoms with van der Waals surface area (Å²) in [6.07, 6.45) is -4.48. The molecule has 2 aromatic carbocycles. The number of ether oxygens (including phenoxy) is 1. The summed E-state index contributed by atoms with van der Waals surface area (Å²) in [5.74, 6) is -0.622. The zero-order chi connectivity index (χ0) is 17.0. The number of halogens is 5. The number of amides is 1. The van der Waals surface area contributed by atoms with Crippen molar-refractivity contribution in [3.05, 3.63) is 57.5 Å². The van der Waals surface area contributed by atoms with Crippen molar-refractivity contribution in [2.75, 3.05) is 11.9 Å². The van der Waals surface area contributed by atoms with Gasteiger partial charge in [0, 0.05) is 9.50 Å². The first-order valence-electron chi connectivity index (χ1n) is 6.31. The Kier molecular flexibility index (Phi) is 5.54. The largest absolute Gasteiger partial charge is 0.482 e. The van der Waals surface area contributed by atoms with E-state index in [9.17, 15) is 18.0 Å². The van der Waals surface area contributed by atoms with Crippen LogP contribution in [0.5, 0.6) is 5.75 Å². The van der Waals surface area contributed by atoms with Gasteiger partial charge in [-0.1, -0.05) is 23.7 Å². The Bertz CT molecular complexity index is 722. The summed E-state index contributed by atoms with van der Waals surface area (Å²) in [7, 11) is 0. The molecule has 0 bridgehead atoms. The number of alkyl halides is 3. The fourth-order valence-corrected chi connectivity index (χ4v) is 2.36. The molecule has 0 aliphatic carbocycles. The van der Waals surface area contributed by atoms with Crippen LogP contribution in [0.1, 0.15) is 10.4 Å². The molecule has 3 nitrogen and oxygen atoms in total. The smallest absolute Gasteiger partial charge is 0.422 e. The molecule has 0 aliphatic rings. The molecule has 0 aliphatic heterocycles. The molecular formula is C15H10BrClF3NO2. The lowest BCUT2D eigenvalue weighted by Gasteiger charge is -2.14. The van der Waals surface area contributed by atoms with E-state index in [0.29, 0.717) is 10.0 Å². The van der Waals surface area contributed by atoms with Crippen molar-refractivity contribution in [2.45, 2.75) is 6.18 Å². The minimum Gasteiger partial charge on any atom is -0.482 e. The van der Waals surface area contributed by atoms with Gasteiger partial charge in [-0.2, -0.15) is 13.2 Å². The Morgan fingerprint density at radius 3 is 2.57 bits per heavy atom. The van der Waals surface area contributed by atoms with Crippen molar-refractivity contribution in [1.29, 1.82) is 0 Å². The van der Waals surface area contributed by atoms with Crippen LogP contribution in [0.25, 0.3) is 0 Å². The van der Waals surface area contributed by atoms with Crippen LogP contribution in [-0.4, -0.2) is 18.7 Å². The van der Waals surface area contributed by atoms with E-state index in [-0.39, 0.29) is 16.5 Å². The van der Waals surface area contributed by atoms with Crippen LogP contribution in [-0.2, 0) is 0 Å². The molecule has 0 radical (unpaired) electrons. The predicted molar refractivity (Wildman–Crippen MR) is 85.1 cm³/mol. The van der Waals surface area contributed by atoms with Gasteiger partial charge in [-0.15, -0.1) is 0 Å². The van der Waals surface area contributed by atoms with Crippen LogP contribution >= 0.6 is 27.5 Å². The first-order valence-corrected chi connectivity index (χ1v) is 7.48. The minimum absolute atomic E-state index is 0.0579. The quantitative estimate of drug-likeness (QED) is 0.746. The third-order valence-electron chi connectivity index (χ3n) is 2.70. The third kappa shape index (κ3) is 5.14. The van der Waals surface area contributed by atoms with Crippen molar-refractivity contribution in [3.63, 3.8) is 0 Å². The molecule has 0 aromatic heterocycles. The Balaban J connectivity index is 2.23. The van der Waals surface area contributed by atoms with Crippen molar-refractivity contribution < 1.29 is 22.7 Å². The maximum absolute atomic E-state index is 12.3. The van der Waals surface area contributed by atoms with Crippen LogP contribution in [0, 0.1) is 0 Å². The number of hydrogen-bond donors (Lipinski definition) is 1. The lowest BCUT2D eigenvalue weighted by atomic mass is 10.2. The molecule has 0 spiro atoms. The van der Waals surface area contributed by atoms with Gasteiger partial charge in [-0.25, -0.2) is 0 Å². The monoisotopic (exact) mass is 407 g/mol. The standard InChI is InChI=1S/C15H10BrClF3NO2/c16-11-4-2-1-3-10(11)14(22)21-12-7-9(17)5-6-13(12)23-8-15(18,19)20/h1-7H,8H2,(H,21,22). The zero-order valence-corrected chi connectivity index (χ0v) is 13.8. The van der Waals surface area contributed by atoms with E-state index in [0.717, 1.165) is 0 Å². The molecule has 23 heavy (non-hydrogen) atoms. The van der Waals surface area contributed by atoms with Gasteiger partial charge >= 0.3 is 6.18 Å². The van der Waals surface area contributed by atoms with Crippen LogP contribution in [0.3, 0.4) is 0 Å². The first kappa shape index (κ1) is 17.6. The molecule has 2 rings (SSSR count). The highest BCUT2D eigenvalue weighted by Crippen LogP contribution is 2.30. The highest BCUT2D eigenvalue weighted by Gasteiger charge is 2.29. The molecule has 0 fully saturated rings. The molecule has 0 saturated heterocycles. The van der Waals surface area contributed by atoms with Crippen molar-refractivity contribution >= 4 is 39.1 Å². The average molecular weight is 409 g/mol. The lowest BCUT2D eigenvalue weighted by Crippen LogP contribution is -2.20. The van der Waals surface area contributed by atoms with E-state index in [2.05, 4.69) is 21.2 Å². The Labute approximate surface area is 143 Å². The number of rotatable bonds is 4. The van der Waals surface area contributed by atoms with Crippen LogP contribution in [0.4, 0.5) is 18.9 Å². The fourth-order valence-electron chi connectivity index (χ4n) is 1.72. The van der Waals surface area contributed by atoms with Gasteiger partial charge in [0.2, 0.25) is 0 Å². The number of carbonyl (C=O) groups is 1. The molecule has 1 N–H and O–H groups in total. The van der Waals surface area contributed by atoms with Gasteiger partial charge in [-0.3, -0.25) is 4.79 Å². The van der Waals surface area contributed by atoms with Gasteiger partial charge in [0.1, 0.15) is 5.75 Å². The third-order valence-corrected chi connectivity index (χ3v) is 3.63. The molecule has 0 atom stereocenters. The van der Waals surface area contributed by atoms with E-state index in [1.165, 1.54) is 18.2 Å². The summed E-state index contributed by atoms with van der Waals surface area (Å²) in [6, 6.07) is 10.6. The summed E-state index contributed by atoms with van der Waals surface area (Å²) in [6.45, 7) is -1.47. The molecule has 1 amide bonds. The highest BCUT2D eigenvalue weighted by atomic mass is 79.9. The number of nitrogens with one attached hydrogen (secondary N) is 1. The van der Waals surface area contributed by atoms with Crippen LogP contribution in [0.2, 0.25) is 5.02 Å². The molecule has 122 valence electrons. The number of hydrogen-bond acceptors (Lipinski definition) is 2. The predicted octanol–water partition coefficient (Wildman–Crippen LogP) is 5.30. The maximum Gasteiger partial charge on any atom is 0.422 e. The summed E-state index contributed by atoms with van der Waals surface area (Å²) in [5.41, 5.74) is 0.386. The van der Waals surface area contributed by atoms with Crippen LogP contribution < -0.4 is 10.1 Å². The summed E-state index contributed by atoms with van der Waals surface area (Å²) >= 11 is 9.06. The molecule has 2 aromatic rings. The maximum atomic E-state index is 12.3. The number of benzene rings is 2. The fraction of sp³-hybridized carbons (Fsp3) is 0.133. The van der Waals surface area contributed by atoms with Gasteiger partial charge in [-0.05, 0) is 46.3 Å². The molecule has 0 heterocycles. The van der Waals surface area contributed by atoms with Gasteiger partial charge < -0.3 is 10.1 Å². The van der Waals surface area contributed by atoms with E-state index >= 15 is 0 Å². The zero-order valence-electron chi connectivity index (χ0n) is 11.5. The second kappa shape index (κ2) is 7.23. The molecule has 0 unspecified atom stereocenters. The second-order valence-electron chi connectivity index (χ2n) is 4.48. The van der Waals surface area contributed by atoms with Gasteiger partial charge in [0.15, 0.2) is 6.61 Å². The molecule has 0 saturated carbocycles. The highest BCUT2D eigenvalue weighted by molar-refractivity contribution is 9.10. The molecular weight excluding hydrogens is 399 g/mol. The topological polar surface area (TPSA) is 38.3 Å². The SMILES string of the molecule is O=C(Nc1cc(Cl)ccc1OCC(F)(F)F)c1ccccc1Br. The average Bonchev–Trinajstić information content (AvgIpc) is 2.45. The summed E-state index contributed by atoms with van der Waals surface area (Å²) in [4.78, 5) is 12.2. The Morgan fingerprint density at radius 1 is 1.22 bits per heavy atom. The van der Waals surface area contributed by atoms with E-state index in [4.69, 9.17) is 16.3 Å². The first-order chi connectivity index (χ1) is 10.8. The van der Waals surface area contributed by atoms with Crippen molar-refractivity contribution in [1.82, 2.24) is 0 Å². The second-order valence-corrected chi connectivity index (χ2v) is 5.77. The number of anilines is 1. The minimum atomic E-state index is -4.48. The van der Waals surface area contributed by atoms with E-state index < -0.39 is 18.7 Å². The number of carbonyl (C=O) groups excluding carboxylic acids is 1. The van der Waals surface area contributed by atoms with Crippen molar-refractivity contribution in [3.8, 4) is 5.75 Å². The van der Waals surface area contributed by atoms with Gasteiger partial charge in [0.05, 0.1) is 11.3 Å². The Morgan fingerprint density at radius 2 is 1.91 bits per heavy atom. The van der Waals surface area contributed by atoms with E-state index in [1.54, 1.807) is 24.3 Å². The van der Waals surface area contributed by atoms with Gasteiger partial charge in [0.25, 0.3) is 5.91 Å². The van der Waals surface area contributed by atoms with Crippen molar-refractivity contribution in [2.24, 2.45) is 0 Å². The molecule has 8 heteroatoms. The Hall–Kier alpha value is -1.73. The lowest BCUT2D eigenvalue weighted by molar-refractivity contribution is -0.153. The normalized spacial score (nSPS) is 11.2. The van der Waals surface area contributed by atoms with E-state index in [1.807, 2.05) is 0 Å². The van der Waals surface area contributed by atoms with Crippen LogP contribution in [0.15, 0.2) is 46.9 Å². The summed E-state index contributed by atoms with van der Waals surface area (Å²) in [5, 5.41) is 2.76.